The summed E-state index contributed by atoms with van der Waals surface area (Å²) in [5, 5.41) is 3.21. The van der Waals surface area contributed by atoms with Crippen LogP contribution in [0.1, 0.15) is 18.9 Å². The second-order valence-corrected chi connectivity index (χ2v) is 4.84. The Bertz CT molecular complexity index is 614. The SMILES string of the molecule is CCCNCc1ccc(-c2ccc(OC)cc2F)c(F)c1. The summed E-state index contributed by atoms with van der Waals surface area (Å²) < 4.78 is 33.1. The van der Waals surface area contributed by atoms with E-state index >= 15 is 0 Å². The Morgan fingerprint density at radius 1 is 1.00 bits per heavy atom. The maximum atomic E-state index is 14.2. The zero-order chi connectivity index (χ0) is 15.2. The van der Waals surface area contributed by atoms with Gasteiger partial charge in [-0.3, -0.25) is 0 Å². The third-order valence-corrected chi connectivity index (χ3v) is 3.26. The highest BCUT2D eigenvalue weighted by Gasteiger charge is 2.11. The fraction of sp³-hybridized carbons (Fsp3) is 0.294. The van der Waals surface area contributed by atoms with Gasteiger partial charge in [0.2, 0.25) is 0 Å². The van der Waals surface area contributed by atoms with Crippen LogP contribution < -0.4 is 10.1 Å². The fourth-order valence-corrected chi connectivity index (χ4v) is 2.14. The van der Waals surface area contributed by atoms with Crippen LogP contribution in [0.15, 0.2) is 36.4 Å². The Morgan fingerprint density at radius 2 is 1.67 bits per heavy atom. The van der Waals surface area contributed by atoms with Gasteiger partial charge in [0, 0.05) is 23.7 Å². The largest absolute Gasteiger partial charge is 0.497 e. The highest BCUT2D eigenvalue weighted by Crippen LogP contribution is 2.28. The lowest BCUT2D eigenvalue weighted by Gasteiger charge is -2.09. The Kier molecular flexibility index (Phi) is 5.28. The second kappa shape index (κ2) is 7.18. The molecule has 2 aromatic carbocycles. The predicted octanol–water partition coefficient (Wildman–Crippen LogP) is 4.14. The minimum absolute atomic E-state index is 0.237. The molecule has 0 atom stereocenters. The van der Waals surface area contributed by atoms with Gasteiger partial charge in [0.15, 0.2) is 0 Å². The lowest BCUT2D eigenvalue weighted by Crippen LogP contribution is -2.13. The Labute approximate surface area is 123 Å². The third kappa shape index (κ3) is 3.79. The number of halogens is 2. The molecule has 0 aliphatic heterocycles. The Hall–Kier alpha value is -1.94. The van der Waals surface area contributed by atoms with E-state index in [2.05, 4.69) is 12.2 Å². The molecule has 0 amide bonds. The third-order valence-electron chi connectivity index (χ3n) is 3.26. The molecule has 0 fully saturated rings. The summed E-state index contributed by atoms with van der Waals surface area (Å²) in [5.41, 5.74) is 1.34. The number of hydrogen-bond donors (Lipinski definition) is 1. The molecule has 0 aromatic heterocycles. The smallest absolute Gasteiger partial charge is 0.134 e. The molecule has 0 spiro atoms. The van der Waals surface area contributed by atoms with Crippen LogP contribution >= 0.6 is 0 Å². The van der Waals surface area contributed by atoms with Crippen molar-refractivity contribution in [1.82, 2.24) is 5.32 Å². The summed E-state index contributed by atoms with van der Waals surface area (Å²) in [4.78, 5) is 0. The number of rotatable bonds is 6. The molecule has 21 heavy (non-hydrogen) atoms. The van der Waals surface area contributed by atoms with Gasteiger partial charge in [-0.2, -0.15) is 0 Å². The number of nitrogens with one attached hydrogen (secondary N) is 1. The van der Waals surface area contributed by atoms with Crippen LogP contribution in [0.25, 0.3) is 11.1 Å². The van der Waals surface area contributed by atoms with Crippen molar-refractivity contribution in [2.75, 3.05) is 13.7 Å². The summed E-state index contributed by atoms with van der Waals surface area (Å²) in [6, 6.07) is 9.28. The van der Waals surface area contributed by atoms with Crippen LogP contribution in [0.4, 0.5) is 8.78 Å². The molecule has 0 saturated heterocycles. The van der Waals surface area contributed by atoms with Crippen molar-refractivity contribution in [1.29, 1.82) is 0 Å². The predicted molar refractivity (Wildman–Crippen MR) is 80.3 cm³/mol. The van der Waals surface area contributed by atoms with Crippen molar-refractivity contribution in [3.05, 3.63) is 53.6 Å². The normalized spacial score (nSPS) is 10.7. The van der Waals surface area contributed by atoms with Gasteiger partial charge < -0.3 is 10.1 Å². The van der Waals surface area contributed by atoms with E-state index in [0.29, 0.717) is 12.3 Å². The molecule has 1 N–H and O–H groups in total. The van der Waals surface area contributed by atoms with Crippen molar-refractivity contribution in [3.8, 4) is 16.9 Å². The number of ether oxygens (including phenoxy) is 1. The molecule has 0 aliphatic rings. The zero-order valence-electron chi connectivity index (χ0n) is 12.2. The summed E-state index contributed by atoms with van der Waals surface area (Å²) >= 11 is 0. The Morgan fingerprint density at radius 3 is 2.24 bits per heavy atom. The van der Waals surface area contributed by atoms with Crippen LogP contribution in [0.5, 0.6) is 5.75 Å². The number of hydrogen-bond acceptors (Lipinski definition) is 2. The molecule has 2 aromatic rings. The summed E-state index contributed by atoms with van der Waals surface area (Å²) in [6.07, 6.45) is 1.03. The molecular formula is C17H19F2NO. The quantitative estimate of drug-likeness (QED) is 0.808. The van der Waals surface area contributed by atoms with E-state index in [4.69, 9.17) is 4.74 Å². The first-order valence-corrected chi connectivity index (χ1v) is 6.98. The lowest BCUT2D eigenvalue weighted by molar-refractivity contribution is 0.411. The summed E-state index contributed by atoms with van der Waals surface area (Å²) in [6.45, 7) is 3.57. The van der Waals surface area contributed by atoms with E-state index in [-0.39, 0.29) is 11.1 Å². The van der Waals surface area contributed by atoms with Gasteiger partial charge in [-0.1, -0.05) is 19.1 Å². The highest BCUT2D eigenvalue weighted by atomic mass is 19.1. The monoisotopic (exact) mass is 291 g/mol. The van der Waals surface area contributed by atoms with E-state index in [1.807, 2.05) is 6.07 Å². The average molecular weight is 291 g/mol. The van der Waals surface area contributed by atoms with Gasteiger partial charge >= 0.3 is 0 Å². The molecule has 0 bridgehead atoms. The molecule has 2 nitrogen and oxygen atoms in total. The highest BCUT2D eigenvalue weighted by molar-refractivity contribution is 5.66. The van der Waals surface area contributed by atoms with E-state index in [1.165, 1.54) is 25.3 Å². The molecule has 0 radical (unpaired) electrons. The van der Waals surface area contributed by atoms with Gasteiger partial charge in [0.1, 0.15) is 17.4 Å². The van der Waals surface area contributed by atoms with Crippen LogP contribution in [0.3, 0.4) is 0 Å². The van der Waals surface area contributed by atoms with Crippen LogP contribution in [0.2, 0.25) is 0 Å². The lowest BCUT2D eigenvalue weighted by atomic mass is 10.0. The van der Waals surface area contributed by atoms with E-state index in [1.54, 1.807) is 12.1 Å². The first-order chi connectivity index (χ1) is 10.2. The topological polar surface area (TPSA) is 21.3 Å². The fourth-order valence-electron chi connectivity index (χ4n) is 2.14. The molecular weight excluding hydrogens is 272 g/mol. The summed E-state index contributed by atoms with van der Waals surface area (Å²) in [5.74, 6) is -0.503. The van der Waals surface area contributed by atoms with Gasteiger partial charge in [-0.25, -0.2) is 8.78 Å². The van der Waals surface area contributed by atoms with Crippen LogP contribution in [-0.2, 0) is 6.54 Å². The minimum Gasteiger partial charge on any atom is -0.497 e. The first-order valence-electron chi connectivity index (χ1n) is 6.98. The maximum Gasteiger partial charge on any atom is 0.134 e. The number of methoxy groups -OCH3 is 1. The maximum absolute atomic E-state index is 14.2. The second-order valence-electron chi connectivity index (χ2n) is 4.84. The van der Waals surface area contributed by atoms with Gasteiger partial charge in [-0.15, -0.1) is 0 Å². The molecule has 0 heterocycles. The van der Waals surface area contributed by atoms with E-state index in [0.717, 1.165) is 18.5 Å². The number of benzene rings is 2. The van der Waals surface area contributed by atoms with Crippen molar-refractivity contribution < 1.29 is 13.5 Å². The molecule has 112 valence electrons. The molecule has 0 saturated carbocycles. The Balaban J connectivity index is 2.24. The van der Waals surface area contributed by atoms with Crippen molar-refractivity contribution in [2.24, 2.45) is 0 Å². The molecule has 0 unspecified atom stereocenters. The van der Waals surface area contributed by atoms with Crippen molar-refractivity contribution in [2.45, 2.75) is 19.9 Å². The van der Waals surface area contributed by atoms with Gasteiger partial charge in [-0.05, 0) is 36.7 Å². The van der Waals surface area contributed by atoms with Crippen molar-refractivity contribution >= 4 is 0 Å². The standard InChI is InChI=1S/C17H19F2NO/c1-3-8-20-11-12-4-6-14(16(18)9-12)15-7-5-13(21-2)10-17(15)19/h4-7,9-10,20H,3,8,11H2,1-2H3. The van der Waals surface area contributed by atoms with E-state index < -0.39 is 11.6 Å². The minimum atomic E-state index is -0.495. The molecule has 4 heteroatoms. The van der Waals surface area contributed by atoms with Crippen molar-refractivity contribution in [3.63, 3.8) is 0 Å². The average Bonchev–Trinajstić information content (AvgIpc) is 2.48. The van der Waals surface area contributed by atoms with Crippen LogP contribution in [0, 0.1) is 11.6 Å². The van der Waals surface area contributed by atoms with Gasteiger partial charge in [0.05, 0.1) is 7.11 Å². The van der Waals surface area contributed by atoms with Crippen LogP contribution in [-0.4, -0.2) is 13.7 Å². The van der Waals surface area contributed by atoms with E-state index in [9.17, 15) is 8.78 Å². The molecule has 0 aliphatic carbocycles. The molecule has 2 rings (SSSR count). The zero-order valence-corrected chi connectivity index (χ0v) is 12.2. The first kappa shape index (κ1) is 15.4. The summed E-state index contributed by atoms with van der Waals surface area (Å²) in [7, 11) is 1.47. The van der Waals surface area contributed by atoms with Gasteiger partial charge in [0.25, 0.3) is 0 Å².